The molecule has 2 amide bonds. The van der Waals surface area contributed by atoms with Crippen molar-refractivity contribution in [1.82, 2.24) is 20.9 Å². The van der Waals surface area contributed by atoms with Crippen LogP contribution in [0.15, 0.2) is 36.5 Å². The van der Waals surface area contributed by atoms with E-state index in [2.05, 4.69) is 42.4 Å². The van der Waals surface area contributed by atoms with Crippen molar-refractivity contribution in [1.29, 1.82) is 0 Å². The fourth-order valence-corrected chi connectivity index (χ4v) is 4.64. The first-order valence-electron chi connectivity index (χ1n) is 13.1. The Morgan fingerprint density at radius 3 is 2.49 bits per heavy atom. The monoisotopic (exact) mass is 484 g/mol. The summed E-state index contributed by atoms with van der Waals surface area (Å²) in [6, 6.07) is 7.18. The average Bonchev–Trinajstić information content (AvgIpc) is 3.66. The lowest BCUT2D eigenvalue weighted by atomic mass is 10.0. The highest BCUT2D eigenvalue weighted by molar-refractivity contribution is 5.89. The van der Waals surface area contributed by atoms with E-state index in [-0.39, 0.29) is 29.8 Å². The first-order valence-corrected chi connectivity index (χ1v) is 13.1. The smallest absolute Gasteiger partial charge is 0.243 e. The molecule has 1 aliphatic carbocycles. The van der Waals surface area contributed by atoms with Crippen molar-refractivity contribution in [3.63, 3.8) is 0 Å². The third-order valence-electron chi connectivity index (χ3n) is 7.14. The van der Waals surface area contributed by atoms with Crippen LogP contribution in [0.5, 0.6) is 5.75 Å². The summed E-state index contributed by atoms with van der Waals surface area (Å²) in [6.45, 7) is 13.6. The van der Waals surface area contributed by atoms with E-state index in [0.29, 0.717) is 25.5 Å². The van der Waals surface area contributed by atoms with Gasteiger partial charge < -0.3 is 25.6 Å². The summed E-state index contributed by atoms with van der Waals surface area (Å²) >= 11 is 0. The average molecular weight is 485 g/mol. The number of likely N-dealkylation sites (N-methyl/N-ethyl adjacent to an activating group) is 1. The van der Waals surface area contributed by atoms with Crippen molar-refractivity contribution in [2.45, 2.75) is 84.0 Å². The van der Waals surface area contributed by atoms with Gasteiger partial charge in [0.1, 0.15) is 24.4 Å². The van der Waals surface area contributed by atoms with Gasteiger partial charge in [-0.3, -0.25) is 9.59 Å². The predicted molar refractivity (Wildman–Crippen MR) is 140 cm³/mol. The van der Waals surface area contributed by atoms with Gasteiger partial charge in [-0.2, -0.15) is 0 Å². The SMILES string of the molecule is C=C1[C@H](C2CC2)NCCOc2ccccc2CC[C@@H](C)NC(=O)[C@@H](CC(C)C)NC(=O)[C@@H](C)N1C. The molecule has 1 aliphatic heterocycles. The van der Waals surface area contributed by atoms with E-state index in [1.807, 2.05) is 44.0 Å². The van der Waals surface area contributed by atoms with E-state index < -0.39 is 12.1 Å². The Kier molecular flexibility index (Phi) is 9.61. The minimum atomic E-state index is -0.569. The molecule has 1 heterocycles. The number of ether oxygens (including phenoxy) is 1. The molecule has 4 atom stereocenters. The second-order valence-corrected chi connectivity index (χ2v) is 10.6. The van der Waals surface area contributed by atoms with E-state index >= 15 is 0 Å². The predicted octanol–water partition coefficient (Wildman–Crippen LogP) is 3.25. The molecule has 0 radical (unpaired) electrons. The number of rotatable bonds is 3. The van der Waals surface area contributed by atoms with E-state index in [1.165, 1.54) is 0 Å². The molecule has 3 rings (SSSR count). The molecule has 35 heavy (non-hydrogen) atoms. The fraction of sp³-hybridized carbons (Fsp3) is 0.643. The van der Waals surface area contributed by atoms with Crippen LogP contribution in [0.2, 0.25) is 0 Å². The zero-order valence-electron chi connectivity index (χ0n) is 22.1. The number of amides is 2. The highest BCUT2D eigenvalue weighted by Crippen LogP contribution is 2.36. The molecule has 3 N–H and O–H groups in total. The van der Waals surface area contributed by atoms with E-state index in [4.69, 9.17) is 4.74 Å². The second-order valence-electron chi connectivity index (χ2n) is 10.6. The number of fused-ring (bicyclic) bond motifs is 1. The highest BCUT2D eigenvalue weighted by atomic mass is 16.5. The molecule has 0 aromatic heterocycles. The van der Waals surface area contributed by atoms with Gasteiger partial charge in [-0.05, 0) is 69.4 Å². The minimum absolute atomic E-state index is 0.0261. The van der Waals surface area contributed by atoms with E-state index in [0.717, 1.165) is 42.7 Å². The number of benzene rings is 1. The molecule has 1 aromatic rings. The lowest BCUT2D eigenvalue weighted by Gasteiger charge is -2.34. The molecule has 194 valence electrons. The molecule has 7 heteroatoms. The van der Waals surface area contributed by atoms with Crippen LogP contribution in [-0.4, -0.2) is 61.1 Å². The van der Waals surface area contributed by atoms with Crippen LogP contribution in [0.1, 0.15) is 58.9 Å². The first-order chi connectivity index (χ1) is 16.7. The molecule has 2 aliphatic rings. The summed E-state index contributed by atoms with van der Waals surface area (Å²) in [5.74, 6) is 1.41. The summed E-state index contributed by atoms with van der Waals surface area (Å²) in [6.07, 6.45) is 4.49. The number of hydrogen-bond donors (Lipinski definition) is 3. The van der Waals surface area contributed by atoms with Gasteiger partial charge in [-0.1, -0.05) is 38.6 Å². The van der Waals surface area contributed by atoms with Gasteiger partial charge in [-0.15, -0.1) is 0 Å². The van der Waals surface area contributed by atoms with Gasteiger partial charge in [0.2, 0.25) is 11.8 Å². The maximum Gasteiger partial charge on any atom is 0.243 e. The maximum absolute atomic E-state index is 13.2. The lowest BCUT2D eigenvalue weighted by Crippen LogP contribution is -2.54. The summed E-state index contributed by atoms with van der Waals surface area (Å²) in [5.41, 5.74) is 2.04. The number of nitrogens with zero attached hydrogens (tertiary/aromatic N) is 1. The van der Waals surface area contributed by atoms with Crippen LogP contribution in [0.3, 0.4) is 0 Å². The zero-order chi connectivity index (χ0) is 25.5. The van der Waals surface area contributed by atoms with Crippen LogP contribution in [-0.2, 0) is 16.0 Å². The number of aryl methyl sites for hydroxylation is 1. The van der Waals surface area contributed by atoms with Crippen molar-refractivity contribution in [3.8, 4) is 5.75 Å². The third kappa shape index (κ3) is 7.72. The fourth-order valence-electron chi connectivity index (χ4n) is 4.64. The Bertz CT molecular complexity index is 883. The van der Waals surface area contributed by atoms with Gasteiger partial charge >= 0.3 is 0 Å². The summed E-state index contributed by atoms with van der Waals surface area (Å²) in [7, 11) is 1.91. The van der Waals surface area contributed by atoms with Crippen molar-refractivity contribution in [2.75, 3.05) is 20.2 Å². The molecule has 7 nitrogen and oxygen atoms in total. The minimum Gasteiger partial charge on any atom is -0.492 e. The number of nitrogens with one attached hydrogen (secondary N) is 3. The second kappa shape index (κ2) is 12.4. The van der Waals surface area contributed by atoms with E-state index in [9.17, 15) is 9.59 Å². The third-order valence-corrected chi connectivity index (χ3v) is 7.14. The molecular formula is C28H44N4O3. The Hall–Kier alpha value is -2.54. The zero-order valence-corrected chi connectivity index (χ0v) is 22.1. The first kappa shape index (κ1) is 27.1. The standard InChI is InChI=1S/C28H44N4O3/c1-18(2)17-24-28(34)30-19(3)11-12-22-9-7-8-10-25(22)35-16-15-29-26(23-13-14-23)20(4)32(6)21(5)27(33)31-24/h7-10,18-19,21,23-24,26,29H,4,11-17H2,1-3,5-6H3,(H,30,34)(H,31,33)/t19-,21-,24-,26-/m1/s1. The molecular weight excluding hydrogens is 440 g/mol. The Morgan fingerprint density at radius 2 is 1.80 bits per heavy atom. The molecule has 0 bridgehead atoms. The topological polar surface area (TPSA) is 82.7 Å². The summed E-state index contributed by atoms with van der Waals surface area (Å²) in [4.78, 5) is 28.3. The van der Waals surface area contributed by atoms with Crippen molar-refractivity contribution < 1.29 is 14.3 Å². The van der Waals surface area contributed by atoms with Crippen LogP contribution in [0, 0.1) is 11.8 Å². The molecule has 1 fully saturated rings. The van der Waals surface area contributed by atoms with E-state index in [1.54, 1.807) is 0 Å². The molecule has 0 unspecified atom stereocenters. The van der Waals surface area contributed by atoms with Crippen LogP contribution < -0.4 is 20.7 Å². The highest BCUT2D eigenvalue weighted by Gasteiger charge is 2.36. The maximum atomic E-state index is 13.2. The van der Waals surface area contributed by atoms with Crippen molar-refractivity contribution in [3.05, 3.63) is 42.1 Å². The number of carbonyl (C=O) groups is 2. The van der Waals surface area contributed by atoms with Gasteiger partial charge in [-0.25, -0.2) is 0 Å². The Labute approximate surface area is 211 Å². The number of hydrogen-bond acceptors (Lipinski definition) is 5. The molecule has 1 saturated carbocycles. The Morgan fingerprint density at radius 1 is 1.09 bits per heavy atom. The number of carbonyl (C=O) groups excluding carboxylic acids is 2. The molecule has 1 aromatic carbocycles. The van der Waals surface area contributed by atoms with Crippen LogP contribution in [0.25, 0.3) is 0 Å². The lowest BCUT2D eigenvalue weighted by molar-refractivity contribution is -0.131. The summed E-state index contributed by atoms with van der Waals surface area (Å²) in [5, 5.41) is 9.76. The van der Waals surface area contributed by atoms with Gasteiger partial charge in [0.15, 0.2) is 0 Å². The Balaban J connectivity index is 1.82. The van der Waals surface area contributed by atoms with Crippen molar-refractivity contribution in [2.24, 2.45) is 11.8 Å². The van der Waals surface area contributed by atoms with Crippen LogP contribution >= 0.6 is 0 Å². The molecule has 0 spiro atoms. The van der Waals surface area contributed by atoms with Gasteiger partial charge in [0, 0.05) is 31.4 Å². The quantitative estimate of drug-likeness (QED) is 0.614. The molecule has 0 saturated heterocycles. The van der Waals surface area contributed by atoms with Crippen LogP contribution in [0.4, 0.5) is 0 Å². The summed E-state index contributed by atoms with van der Waals surface area (Å²) < 4.78 is 6.14. The largest absolute Gasteiger partial charge is 0.492 e. The number of para-hydroxylation sites is 1. The van der Waals surface area contributed by atoms with Gasteiger partial charge in [0.25, 0.3) is 0 Å². The van der Waals surface area contributed by atoms with Crippen molar-refractivity contribution >= 4 is 11.8 Å². The normalized spacial score (nSPS) is 27.8. The van der Waals surface area contributed by atoms with Gasteiger partial charge in [0.05, 0.1) is 0 Å².